The monoisotopic (exact) mass is 258 g/mol. The van der Waals surface area contributed by atoms with Gasteiger partial charge in [0.2, 0.25) is 5.91 Å². The Hall–Kier alpha value is -1.94. The number of aliphatic hydroxyl groups excluding tert-OH is 1. The van der Waals surface area contributed by atoms with Crippen molar-refractivity contribution in [2.24, 2.45) is 0 Å². The van der Waals surface area contributed by atoms with Crippen molar-refractivity contribution in [3.8, 4) is 0 Å². The summed E-state index contributed by atoms with van der Waals surface area (Å²) in [6.45, 7) is 2.61. The van der Waals surface area contributed by atoms with Gasteiger partial charge in [-0.05, 0) is 25.0 Å². The highest BCUT2D eigenvalue weighted by molar-refractivity contribution is 5.83. The second-order valence-electron chi connectivity index (χ2n) is 4.55. The highest BCUT2D eigenvalue weighted by Crippen LogP contribution is 2.16. The SMILES string of the molecule is Cc1cccc2ccc(CC(=O)NCCCO)nc12. The molecule has 0 unspecified atom stereocenters. The number of carbonyl (C=O) groups is 1. The maximum atomic E-state index is 11.7. The van der Waals surface area contributed by atoms with Gasteiger partial charge in [-0.15, -0.1) is 0 Å². The first-order chi connectivity index (χ1) is 9.20. The molecule has 0 aliphatic rings. The number of aryl methyl sites for hydroxylation is 1. The van der Waals surface area contributed by atoms with Crippen molar-refractivity contribution in [3.05, 3.63) is 41.6 Å². The number of hydrogen-bond donors (Lipinski definition) is 2. The molecule has 1 amide bonds. The predicted molar refractivity (Wildman–Crippen MR) is 74.9 cm³/mol. The Labute approximate surface area is 112 Å². The van der Waals surface area contributed by atoms with Gasteiger partial charge in [-0.25, -0.2) is 0 Å². The number of rotatable bonds is 5. The zero-order valence-corrected chi connectivity index (χ0v) is 11.0. The first-order valence-electron chi connectivity index (χ1n) is 6.43. The van der Waals surface area contributed by atoms with E-state index in [-0.39, 0.29) is 18.9 Å². The van der Waals surface area contributed by atoms with Gasteiger partial charge in [-0.1, -0.05) is 24.3 Å². The number of benzene rings is 1. The number of aromatic nitrogens is 1. The molecule has 19 heavy (non-hydrogen) atoms. The molecule has 0 aliphatic carbocycles. The van der Waals surface area contributed by atoms with Crippen molar-refractivity contribution in [3.63, 3.8) is 0 Å². The smallest absolute Gasteiger partial charge is 0.226 e. The molecule has 0 aliphatic heterocycles. The van der Waals surface area contributed by atoms with Gasteiger partial charge in [0.05, 0.1) is 17.6 Å². The van der Waals surface area contributed by atoms with Crippen LogP contribution in [-0.4, -0.2) is 29.1 Å². The summed E-state index contributed by atoms with van der Waals surface area (Å²) in [5.74, 6) is -0.0612. The van der Waals surface area contributed by atoms with Crippen molar-refractivity contribution < 1.29 is 9.90 Å². The Bertz CT molecular complexity index is 581. The number of aliphatic hydroxyl groups is 1. The molecule has 0 saturated heterocycles. The first-order valence-corrected chi connectivity index (χ1v) is 6.43. The molecule has 1 heterocycles. The minimum atomic E-state index is -0.0612. The van der Waals surface area contributed by atoms with Crippen LogP contribution in [0.25, 0.3) is 10.9 Å². The Morgan fingerprint density at radius 1 is 1.32 bits per heavy atom. The van der Waals surface area contributed by atoms with Gasteiger partial charge in [0.25, 0.3) is 0 Å². The molecule has 100 valence electrons. The number of pyridine rings is 1. The third kappa shape index (κ3) is 3.51. The van der Waals surface area contributed by atoms with Gasteiger partial charge in [-0.3, -0.25) is 9.78 Å². The molecule has 1 aromatic heterocycles. The fourth-order valence-electron chi connectivity index (χ4n) is 1.97. The van der Waals surface area contributed by atoms with Crippen LogP contribution in [0.3, 0.4) is 0 Å². The van der Waals surface area contributed by atoms with Gasteiger partial charge < -0.3 is 10.4 Å². The van der Waals surface area contributed by atoms with Crippen molar-refractivity contribution in [2.75, 3.05) is 13.2 Å². The van der Waals surface area contributed by atoms with E-state index in [9.17, 15) is 4.79 Å². The van der Waals surface area contributed by atoms with E-state index in [0.29, 0.717) is 13.0 Å². The number of nitrogens with one attached hydrogen (secondary N) is 1. The van der Waals surface area contributed by atoms with E-state index in [4.69, 9.17) is 5.11 Å². The van der Waals surface area contributed by atoms with Crippen LogP contribution in [0.4, 0.5) is 0 Å². The Morgan fingerprint density at radius 2 is 2.16 bits per heavy atom. The second kappa shape index (κ2) is 6.29. The second-order valence-corrected chi connectivity index (χ2v) is 4.55. The predicted octanol–water partition coefficient (Wildman–Crippen LogP) is 1.58. The van der Waals surface area contributed by atoms with Crippen LogP contribution < -0.4 is 5.32 Å². The minimum Gasteiger partial charge on any atom is -0.396 e. The molecule has 2 aromatic rings. The van der Waals surface area contributed by atoms with Crippen molar-refractivity contribution in [1.82, 2.24) is 10.3 Å². The molecule has 0 spiro atoms. The van der Waals surface area contributed by atoms with E-state index < -0.39 is 0 Å². The molecule has 0 atom stereocenters. The molecule has 4 nitrogen and oxygen atoms in total. The summed E-state index contributed by atoms with van der Waals surface area (Å²) in [6.07, 6.45) is 0.853. The van der Waals surface area contributed by atoms with E-state index in [1.807, 2.05) is 37.3 Å². The van der Waals surface area contributed by atoms with Crippen LogP contribution in [0.5, 0.6) is 0 Å². The molecule has 0 radical (unpaired) electrons. The van der Waals surface area contributed by atoms with Gasteiger partial charge in [0, 0.05) is 18.5 Å². The van der Waals surface area contributed by atoms with Gasteiger partial charge in [-0.2, -0.15) is 0 Å². The molecular weight excluding hydrogens is 240 g/mol. The standard InChI is InChI=1S/C15H18N2O2/c1-11-4-2-5-12-6-7-13(17-15(11)12)10-14(19)16-8-3-9-18/h2,4-7,18H,3,8-10H2,1H3,(H,16,19). The highest BCUT2D eigenvalue weighted by atomic mass is 16.3. The van der Waals surface area contributed by atoms with E-state index in [2.05, 4.69) is 10.3 Å². The lowest BCUT2D eigenvalue weighted by Gasteiger charge is -2.06. The van der Waals surface area contributed by atoms with Crippen LogP contribution in [0.15, 0.2) is 30.3 Å². The summed E-state index contributed by atoms with van der Waals surface area (Å²) in [6, 6.07) is 9.90. The van der Waals surface area contributed by atoms with E-state index in [1.165, 1.54) is 0 Å². The third-order valence-electron chi connectivity index (χ3n) is 2.98. The zero-order valence-electron chi connectivity index (χ0n) is 11.0. The third-order valence-corrected chi connectivity index (χ3v) is 2.98. The van der Waals surface area contributed by atoms with Gasteiger partial charge in [0.15, 0.2) is 0 Å². The van der Waals surface area contributed by atoms with Crippen LogP contribution in [0.2, 0.25) is 0 Å². The lowest BCUT2D eigenvalue weighted by Crippen LogP contribution is -2.26. The van der Waals surface area contributed by atoms with E-state index in [1.54, 1.807) is 0 Å². The first kappa shape index (κ1) is 13.5. The van der Waals surface area contributed by atoms with E-state index >= 15 is 0 Å². The lowest BCUT2D eigenvalue weighted by atomic mass is 10.1. The maximum absolute atomic E-state index is 11.7. The number of para-hydroxylation sites is 1. The van der Waals surface area contributed by atoms with Crippen molar-refractivity contribution >= 4 is 16.8 Å². The summed E-state index contributed by atoms with van der Waals surface area (Å²) in [7, 11) is 0. The fraction of sp³-hybridized carbons (Fsp3) is 0.333. The summed E-state index contributed by atoms with van der Waals surface area (Å²) < 4.78 is 0. The van der Waals surface area contributed by atoms with Crippen molar-refractivity contribution in [2.45, 2.75) is 19.8 Å². The van der Waals surface area contributed by atoms with Crippen LogP contribution >= 0.6 is 0 Å². The molecule has 0 saturated carbocycles. The highest BCUT2D eigenvalue weighted by Gasteiger charge is 2.06. The molecule has 2 N–H and O–H groups in total. The maximum Gasteiger partial charge on any atom is 0.226 e. The average molecular weight is 258 g/mol. The molecule has 0 bridgehead atoms. The largest absolute Gasteiger partial charge is 0.396 e. The minimum absolute atomic E-state index is 0.0612. The summed E-state index contributed by atoms with van der Waals surface area (Å²) in [4.78, 5) is 16.2. The molecule has 2 rings (SSSR count). The number of fused-ring (bicyclic) bond motifs is 1. The lowest BCUT2D eigenvalue weighted by molar-refractivity contribution is -0.120. The van der Waals surface area contributed by atoms with Crippen LogP contribution in [0, 0.1) is 6.92 Å². The van der Waals surface area contributed by atoms with Crippen molar-refractivity contribution in [1.29, 1.82) is 0 Å². The number of amides is 1. The van der Waals surface area contributed by atoms with Crippen LogP contribution in [0.1, 0.15) is 17.7 Å². The summed E-state index contributed by atoms with van der Waals surface area (Å²) in [5.41, 5.74) is 2.83. The molecular formula is C15H18N2O2. The zero-order chi connectivity index (χ0) is 13.7. The van der Waals surface area contributed by atoms with Crippen LogP contribution in [-0.2, 0) is 11.2 Å². The summed E-state index contributed by atoms with van der Waals surface area (Å²) >= 11 is 0. The molecule has 0 fully saturated rings. The number of hydrogen-bond acceptors (Lipinski definition) is 3. The normalized spacial score (nSPS) is 10.6. The van der Waals surface area contributed by atoms with Gasteiger partial charge >= 0.3 is 0 Å². The quantitative estimate of drug-likeness (QED) is 0.800. The topological polar surface area (TPSA) is 62.2 Å². The van der Waals surface area contributed by atoms with E-state index in [0.717, 1.165) is 22.2 Å². The van der Waals surface area contributed by atoms with Gasteiger partial charge in [0.1, 0.15) is 0 Å². The Kier molecular flexibility index (Phi) is 4.47. The molecule has 1 aromatic carbocycles. The fourth-order valence-corrected chi connectivity index (χ4v) is 1.97. The molecule has 4 heteroatoms. The number of carbonyl (C=O) groups excluding carboxylic acids is 1. The average Bonchev–Trinajstić information content (AvgIpc) is 2.40. The Morgan fingerprint density at radius 3 is 2.95 bits per heavy atom. The summed E-state index contributed by atoms with van der Waals surface area (Å²) in [5, 5.41) is 12.5. The Balaban J connectivity index is 2.09. The number of nitrogens with zero attached hydrogens (tertiary/aromatic N) is 1.